The standard InChI is InChI=1S/CH3NO2.Al.ClH/c1-2(3)4;;/h1H3;;1H/q;+3;. The maximum Gasteiger partial charge on any atom is 3.00 e. The van der Waals surface area contributed by atoms with Crippen LogP contribution in [0.4, 0.5) is 0 Å². The Morgan fingerprint density at radius 2 is 1.67 bits per heavy atom. The Bertz CT molecular complexity index is 36.5. The molecular weight excluding hydrogens is 120 g/mol. The van der Waals surface area contributed by atoms with Crippen LogP contribution in [0.2, 0.25) is 0 Å². The van der Waals surface area contributed by atoms with Gasteiger partial charge in [-0.25, -0.2) is 0 Å². The molecule has 0 saturated heterocycles. The Hall–Kier alpha value is 0.222. The molecule has 0 aliphatic rings. The Morgan fingerprint density at radius 1 is 1.67 bits per heavy atom. The van der Waals surface area contributed by atoms with Gasteiger partial charge in [0.05, 0.1) is 0 Å². The zero-order valence-electron chi connectivity index (χ0n) is 3.25. The van der Waals surface area contributed by atoms with Crippen molar-refractivity contribution in [2.24, 2.45) is 0 Å². The number of rotatable bonds is 0. The summed E-state index contributed by atoms with van der Waals surface area (Å²) in [7, 11) is 0.889. The minimum absolute atomic E-state index is 0. The molecule has 0 heterocycles. The fourth-order valence-electron chi connectivity index (χ4n) is 0. The molecule has 5 heteroatoms. The van der Waals surface area contributed by atoms with Gasteiger partial charge in [-0.15, -0.1) is 12.4 Å². The van der Waals surface area contributed by atoms with Gasteiger partial charge in [0, 0.05) is 4.92 Å². The van der Waals surface area contributed by atoms with E-state index >= 15 is 0 Å². The third-order valence-corrected chi connectivity index (χ3v) is 0. The van der Waals surface area contributed by atoms with Gasteiger partial charge in [-0.2, -0.15) is 0 Å². The van der Waals surface area contributed by atoms with E-state index in [9.17, 15) is 0 Å². The van der Waals surface area contributed by atoms with E-state index in [4.69, 9.17) is 10.1 Å². The molecule has 32 valence electrons. The van der Waals surface area contributed by atoms with Gasteiger partial charge in [0.25, 0.3) is 0 Å². The summed E-state index contributed by atoms with van der Waals surface area (Å²) >= 11 is 0. The van der Waals surface area contributed by atoms with Gasteiger partial charge in [-0.3, -0.25) is 10.1 Å². The molecule has 0 aliphatic carbocycles. The first kappa shape index (κ1) is 16.3. The van der Waals surface area contributed by atoms with E-state index < -0.39 is 4.92 Å². The minimum Gasteiger partial charge on any atom is -0.265 e. The molecule has 0 aromatic heterocycles. The van der Waals surface area contributed by atoms with E-state index in [2.05, 4.69) is 0 Å². The van der Waals surface area contributed by atoms with E-state index in [-0.39, 0.29) is 29.8 Å². The summed E-state index contributed by atoms with van der Waals surface area (Å²) < 4.78 is 0. The summed E-state index contributed by atoms with van der Waals surface area (Å²) in [6.07, 6.45) is 0. The van der Waals surface area contributed by atoms with Crippen LogP contribution in [0.3, 0.4) is 0 Å². The topological polar surface area (TPSA) is 43.1 Å². The zero-order valence-corrected chi connectivity index (χ0v) is 5.22. The Kier molecular flexibility index (Phi) is 24.4. The third-order valence-electron chi connectivity index (χ3n) is 0. The summed E-state index contributed by atoms with van der Waals surface area (Å²) in [6.45, 7) is 0. The van der Waals surface area contributed by atoms with Crippen LogP contribution in [0.25, 0.3) is 0 Å². The molecule has 0 bridgehead atoms. The number of nitro groups is 1. The second kappa shape index (κ2) is 8.97. The second-order valence-electron chi connectivity index (χ2n) is 0.440. The third kappa shape index (κ3) is 886. The smallest absolute Gasteiger partial charge is 0.265 e. The van der Waals surface area contributed by atoms with Crippen LogP contribution in [0.5, 0.6) is 0 Å². The Morgan fingerprint density at radius 3 is 1.67 bits per heavy atom. The number of hydrogen-bond acceptors (Lipinski definition) is 2. The molecule has 0 fully saturated rings. The molecule has 0 amide bonds. The summed E-state index contributed by atoms with van der Waals surface area (Å²) in [5.41, 5.74) is 0. The van der Waals surface area contributed by atoms with Crippen LogP contribution in [-0.2, 0) is 0 Å². The van der Waals surface area contributed by atoms with Crippen molar-refractivity contribution in [3.63, 3.8) is 0 Å². The zero-order chi connectivity index (χ0) is 3.58. The van der Waals surface area contributed by atoms with E-state index in [0.717, 1.165) is 7.05 Å². The van der Waals surface area contributed by atoms with Crippen molar-refractivity contribution in [1.29, 1.82) is 0 Å². The van der Waals surface area contributed by atoms with Gasteiger partial charge in [0.1, 0.15) is 0 Å². The summed E-state index contributed by atoms with van der Waals surface area (Å²) in [5.74, 6) is 0. The normalized spacial score (nSPS) is 4.17. The van der Waals surface area contributed by atoms with E-state index in [1.165, 1.54) is 0 Å². The first-order chi connectivity index (χ1) is 1.73. The van der Waals surface area contributed by atoms with Crippen LogP contribution in [-0.4, -0.2) is 29.3 Å². The van der Waals surface area contributed by atoms with Gasteiger partial charge in [0.15, 0.2) is 7.05 Å². The number of hydrogen-bond donors (Lipinski definition) is 0. The van der Waals surface area contributed by atoms with Gasteiger partial charge >= 0.3 is 17.4 Å². The SMILES string of the molecule is C[N+](=O)[O-].Cl.[Al+3]. The van der Waals surface area contributed by atoms with Gasteiger partial charge < -0.3 is 0 Å². The monoisotopic (exact) mass is 124 g/mol. The first-order valence-electron chi connectivity index (χ1n) is 0.812. The molecule has 0 N–H and O–H groups in total. The average molecular weight is 124 g/mol. The second-order valence-corrected chi connectivity index (χ2v) is 0.440. The van der Waals surface area contributed by atoms with Crippen LogP contribution in [0, 0.1) is 10.1 Å². The molecule has 0 rings (SSSR count). The predicted octanol–water partition coefficient (Wildman–Crippen LogP) is -0.0661. The van der Waals surface area contributed by atoms with Crippen molar-refractivity contribution in [1.82, 2.24) is 0 Å². The summed E-state index contributed by atoms with van der Waals surface area (Å²) in [6, 6.07) is 0. The quantitative estimate of drug-likeness (QED) is 0.258. The van der Waals surface area contributed by atoms with Crippen molar-refractivity contribution in [2.45, 2.75) is 0 Å². The van der Waals surface area contributed by atoms with Gasteiger partial charge in [-0.05, 0) is 0 Å². The Labute approximate surface area is 52.4 Å². The van der Waals surface area contributed by atoms with Crippen LogP contribution < -0.4 is 0 Å². The molecule has 6 heavy (non-hydrogen) atoms. The van der Waals surface area contributed by atoms with Crippen molar-refractivity contribution in [3.8, 4) is 0 Å². The van der Waals surface area contributed by atoms with Crippen molar-refractivity contribution < 1.29 is 4.92 Å². The predicted molar refractivity (Wildman–Crippen MR) is 25.9 cm³/mol. The molecule has 0 spiro atoms. The molecular formula is CH4AlClNO2+3. The minimum atomic E-state index is -0.500. The molecule has 0 unspecified atom stereocenters. The number of nitrogens with zero attached hydrogens (tertiary/aromatic N) is 1. The van der Waals surface area contributed by atoms with Crippen LogP contribution in [0.15, 0.2) is 0 Å². The maximum absolute atomic E-state index is 8.81. The largest absolute Gasteiger partial charge is 3.00 e. The van der Waals surface area contributed by atoms with Crippen molar-refractivity contribution in [2.75, 3.05) is 7.05 Å². The first-order valence-corrected chi connectivity index (χ1v) is 0.812. The molecule has 0 aromatic rings. The Balaban J connectivity index is -0.0000000450. The molecule has 0 aromatic carbocycles. The van der Waals surface area contributed by atoms with Gasteiger partial charge in [-0.1, -0.05) is 0 Å². The fourth-order valence-corrected chi connectivity index (χ4v) is 0. The molecule has 0 aliphatic heterocycles. The van der Waals surface area contributed by atoms with E-state index in [0.29, 0.717) is 0 Å². The van der Waals surface area contributed by atoms with Crippen LogP contribution >= 0.6 is 12.4 Å². The van der Waals surface area contributed by atoms with E-state index in [1.54, 1.807) is 0 Å². The molecule has 0 saturated carbocycles. The molecule has 0 atom stereocenters. The summed E-state index contributed by atoms with van der Waals surface area (Å²) in [5, 5.41) is 8.81. The summed E-state index contributed by atoms with van der Waals surface area (Å²) in [4.78, 5) is 8.31. The van der Waals surface area contributed by atoms with Crippen LogP contribution in [0.1, 0.15) is 0 Å². The van der Waals surface area contributed by atoms with Gasteiger partial charge in [0.2, 0.25) is 0 Å². The molecule has 3 nitrogen and oxygen atoms in total. The maximum atomic E-state index is 8.81. The number of halogens is 1. The average Bonchev–Trinajstić information content (AvgIpc) is 0.811. The van der Waals surface area contributed by atoms with E-state index in [1.807, 2.05) is 0 Å². The van der Waals surface area contributed by atoms with Crippen molar-refractivity contribution in [3.05, 3.63) is 10.1 Å². The van der Waals surface area contributed by atoms with Crippen molar-refractivity contribution >= 4 is 29.8 Å². The molecule has 0 radical (unpaired) electrons. The fraction of sp³-hybridized carbons (Fsp3) is 1.00.